The van der Waals surface area contributed by atoms with Crippen LogP contribution in [0.2, 0.25) is 0 Å². The number of carbonyl (C=O) groups excluding carboxylic acids is 1. The summed E-state index contributed by atoms with van der Waals surface area (Å²) in [6.45, 7) is 3.88. The number of thioether (sulfide) groups is 1. The van der Waals surface area contributed by atoms with Gasteiger partial charge in [0.05, 0.1) is 29.4 Å². The first kappa shape index (κ1) is 39.0. The number of nitrogens with one attached hydrogen (secondary N) is 2. The SMILES string of the molecule is Cc1ccc(S(=O)(=O)NC(Cc2ccccc2)C(=O)Nc2cccc(C3OC(CSc4nnnn4-c4ccccc4)C(C)C(c4ccc(CO)cc4)O3)c2)cc1. The van der Waals surface area contributed by atoms with Gasteiger partial charge in [0, 0.05) is 22.9 Å². The minimum atomic E-state index is -4.03. The number of hydrogen-bond acceptors (Lipinski definition) is 10. The minimum Gasteiger partial charge on any atom is -0.392 e. The number of benzene rings is 5. The quantitative estimate of drug-likeness (QED) is 0.103. The Kier molecular flexibility index (Phi) is 12.3. The van der Waals surface area contributed by atoms with Crippen molar-refractivity contribution in [3.8, 4) is 5.69 Å². The Bertz CT molecular complexity index is 2330. The summed E-state index contributed by atoms with van der Waals surface area (Å²) in [5.74, 6) is -0.103. The van der Waals surface area contributed by atoms with E-state index in [0.29, 0.717) is 22.2 Å². The molecule has 0 bridgehead atoms. The maximum atomic E-state index is 13.9. The number of tetrazole rings is 1. The van der Waals surface area contributed by atoms with Crippen molar-refractivity contribution in [1.29, 1.82) is 0 Å². The van der Waals surface area contributed by atoms with Crippen LogP contribution in [-0.2, 0) is 37.3 Å². The van der Waals surface area contributed by atoms with E-state index in [1.54, 1.807) is 35.0 Å². The number of ether oxygens (including phenoxy) is 2. The fourth-order valence-corrected chi connectivity index (χ4v) is 8.72. The van der Waals surface area contributed by atoms with E-state index in [9.17, 15) is 18.3 Å². The first-order chi connectivity index (χ1) is 27.2. The third-order valence-electron chi connectivity index (χ3n) is 9.60. The van der Waals surface area contributed by atoms with Crippen LogP contribution in [0.5, 0.6) is 0 Å². The third kappa shape index (κ3) is 9.41. The Morgan fingerprint density at radius 3 is 2.29 bits per heavy atom. The van der Waals surface area contributed by atoms with E-state index < -0.39 is 28.3 Å². The highest BCUT2D eigenvalue weighted by atomic mass is 32.2. The standard InChI is InChI=1S/C42H42N6O6S2/c1-28-16-22-36(23-17-28)56(51,52)45-37(24-30-10-5-3-6-11-30)40(50)43-34-13-9-12-33(25-34)41-53-38(29(2)39(54-41)32-20-18-31(26-49)19-21-32)27-55-42-44-46-47-48(42)35-14-7-4-8-15-35/h3-23,25,29,37-39,41,45,49H,24,26-27H2,1-2H3,(H,43,50). The lowest BCUT2D eigenvalue weighted by Gasteiger charge is -2.41. The summed E-state index contributed by atoms with van der Waals surface area (Å²) in [5.41, 5.74) is 5.39. The van der Waals surface area contributed by atoms with Crippen molar-refractivity contribution in [2.75, 3.05) is 11.1 Å². The number of anilines is 1. The van der Waals surface area contributed by atoms with E-state index in [2.05, 4.69) is 32.5 Å². The lowest BCUT2D eigenvalue weighted by atomic mass is 9.91. The van der Waals surface area contributed by atoms with E-state index in [1.807, 2.05) is 97.9 Å². The molecule has 7 rings (SSSR count). The monoisotopic (exact) mass is 790 g/mol. The van der Waals surface area contributed by atoms with Gasteiger partial charge in [0.1, 0.15) is 6.04 Å². The Morgan fingerprint density at radius 1 is 0.857 bits per heavy atom. The number of carbonyl (C=O) groups is 1. The molecule has 5 unspecified atom stereocenters. The molecule has 1 amide bonds. The molecule has 56 heavy (non-hydrogen) atoms. The molecule has 0 radical (unpaired) electrons. The Hall–Kier alpha value is -5.22. The molecular weight excluding hydrogens is 749 g/mol. The van der Waals surface area contributed by atoms with Gasteiger partial charge in [0.2, 0.25) is 21.1 Å². The van der Waals surface area contributed by atoms with Crippen LogP contribution in [0.3, 0.4) is 0 Å². The average Bonchev–Trinajstić information content (AvgIpc) is 3.70. The average molecular weight is 791 g/mol. The van der Waals surface area contributed by atoms with E-state index in [0.717, 1.165) is 27.9 Å². The summed E-state index contributed by atoms with van der Waals surface area (Å²) in [7, 11) is -4.03. The molecule has 0 spiro atoms. The highest BCUT2D eigenvalue weighted by Gasteiger charge is 2.39. The number of aliphatic hydroxyl groups excluding tert-OH is 1. The largest absolute Gasteiger partial charge is 0.392 e. The van der Waals surface area contributed by atoms with Gasteiger partial charge < -0.3 is 19.9 Å². The molecule has 12 nitrogen and oxygen atoms in total. The molecule has 1 aliphatic rings. The van der Waals surface area contributed by atoms with Crippen molar-refractivity contribution in [3.05, 3.63) is 161 Å². The smallest absolute Gasteiger partial charge is 0.242 e. The van der Waals surface area contributed by atoms with Crippen LogP contribution in [0, 0.1) is 12.8 Å². The molecule has 14 heteroatoms. The second-order valence-corrected chi connectivity index (χ2v) is 16.3. The van der Waals surface area contributed by atoms with Crippen molar-refractivity contribution in [1.82, 2.24) is 24.9 Å². The first-order valence-electron chi connectivity index (χ1n) is 18.2. The van der Waals surface area contributed by atoms with Gasteiger partial charge in [-0.1, -0.05) is 121 Å². The van der Waals surface area contributed by atoms with E-state index in [-0.39, 0.29) is 36.0 Å². The molecule has 288 valence electrons. The van der Waals surface area contributed by atoms with Gasteiger partial charge in [0.15, 0.2) is 6.29 Å². The van der Waals surface area contributed by atoms with Crippen molar-refractivity contribution < 1.29 is 27.8 Å². The van der Waals surface area contributed by atoms with Crippen molar-refractivity contribution in [3.63, 3.8) is 0 Å². The van der Waals surface area contributed by atoms with Gasteiger partial charge in [-0.05, 0) is 76.9 Å². The molecule has 1 aliphatic heterocycles. The predicted molar refractivity (Wildman–Crippen MR) is 213 cm³/mol. The molecule has 6 aromatic rings. The second-order valence-electron chi connectivity index (χ2n) is 13.6. The molecule has 1 fully saturated rings. The molecule has 5 aromatic carbocycles. The van der Waals surface area contributed by atoms with Gasteiger partial charge in [-0.25, -0.2) is 8.42 Å². The van der Waals surface area contributed by atoms with Crippen molar-refractivity contribution >= 4 is 33.4 Å². The maximum absolute atomic E-state index is 13.9. The van der Waals surface area contributed by atoms with E-state index >= 15 is 0 Å². The number of hydrogen-bond donors (Lipinski definition) is 3. The molecular formula is C42H42N6O6S2. The van der Waals surface area contributed by atoms with Crippen LogP contribution in [-0.4, -0.2) is 57.5 Å². The highest BCUT2D eigenvalue weighted by Crippen LogP contribution is 2.43. The number of rotatable bonds is 14. The fourth-order valence-electron chi connectivity index (χ4n) is 6.47. The molecule has 3 N–H and O–H groups in total. The summed E-state index contributed by atoms with van der Waals surface area (Å²) < 4.78 is 44.6. The zero-order valence-corrected chi connectivity index (χ0v) is 32.4. The lowest BCUT2D eigenvalue weighted by Crippen LogP contribution is -2.45. The Balaban J connectivity index is 1.13. The zero-order chi connectivity index (χ0) is 39.1. The van der Waals surface area contributed by atoms with Crippen LogP contribution < -0.4 is 10.0 Å². The van der Waals surface area contributed by atoms with Crippen molar-refractivity contribution in [2.45, 2.75) is 61.5 Å². The zero-order valence-electron chi connectivity index (χ0n) is 30.8. The third-order valence-corrected chi connectivity index (χ3v) is 12.1. The van der Waals surface area contributed by atoms with E-state index in [4.69, 9.17) is 9.47 Å². The number of aryl methyl sites for hydroxylation is 1. The molecule has 0 aliphatic carbocycles. The number of aliphatic hydroxyl groups is 1. The molecule has 2 heterocycles. The van der Waals surface area contributed by atoms with Gasteiger partial charge in [-0.3, -0.25) is 4.79 Å². The molecule has 1 aromatic heterocycles. The van der Waals surface area contributed by atoms with E-state index in [1.165, 1.54) is 23.9 Å². The summed E-state index contributed by atoms with van der Waals surface area (Å²) in [5, 5.41) is 25.6. The van der Waals surface area contributed by atoms with Crippen LogP contribution in [0.1, 0.15) is 47.1 Å². The minimum absolute atomic E-state index is 0.0688. The predicted octanol–water partition coefficient (Wildman–Crippen LogP) is 6.58. The number of amides is 1. The van der Waals surface area contributed by atoms with Crippen molar-refractivity contribution in [2.24, 2.45) is 5.92 Å². The number of nitrogens with zero attached hydrogens (tertiary/aromatic N) is 4. The van der Waals surface area contributed by atoms with Crippen LogP contribution in [0.15, 0.2) is 144 Å². The first-order valence-corrected chi connectivity index (χ1v) is 20.6. The molecule has 5 atom stereocenters. The topological polar surface area (TPSA) is 158 Å². The Labute approximate surface area is 330 Å². The van der Waals surface area contributed by atoms with Gasteiger partial charge >= 0.3 is 0 Å². The summed E-state index contributed by atoms with van der Waals surface area (Å²) in [4.78, 5) is 14.0. The maximum Gasteiger partial charge on any atom is 0.242 e. The van der Waals surface area contributed by atoms with Gasteiger partial charge in [-0.2, -0.15) is 9.40 Å². The van der Waals surface area contributed by atoms with Crippen LogP contribution in [0.25, 0.3) is 5.69 Å². The van der Waals surface area contributed by atoms with Gasteiger partial charge in [0.25, 0.3) is 0 Å². The summed E-state index contributed by atoms with van der Waals surface area (Å²) in [6.07, 6.45) is -1.37. The number of para-hydroxylation sites is 1. The molecule has 0 saturated carbocycles. The number of aromatic nitrogens is 4. The summed E-state index contributed by atoms with van der Waals surface area (Å²) >= 11 is 1.48. The lowest BCUT2D eigenvalue weighted by molar-refractivity contribution is -0.268. The molecule has 1 saturated heterocycles. The normalized spacial score (nSPS) is 19.0. The summed E-state index contributed by atoms with van der Waals surface area (Å²) in [6, 6.07) is 39.1. The van der Waals surface area contributed by atoms with Gasteiger partial charge in [-0.15, -0.1) is 5.10 Å². The Morgan fingerprint density at radius 2 is 1.57 bits per heavy atom. The highest BCUT2D eigenvalue weighted by molar-refractivity contribution is 7.99. The van der Waals surface area contributed by atoms with Crippen LogP contribution in [0.4, 0.5) is 5.69 Å². The number of sulfonamides is 1. The van der Waals surface area contributed by atoms with Crippen LogP contribution >= 0.6 is 11.8 Å². The fraction of sp³-hybridized carbons (Fsp3) is 0.238. The second kappa shape index (κ2) is 17.7.